The molecule has 1 aliphatic carbocycles. The lowest BCUT2D eigenvalue weighted by atomic mass is 9.85. The second-order valence-electron chi connectivity index (χ2n) is 3.63. The Bertz CT molecular complexity index is 294. The van der Waals surface area contributed by atoms with Gasteiger partial charge in [0, 0.05) is 7.05 Å². The van der Waals surface area contributed by atoms with Crippen LogP contribution in [0.5, 0.6) is 0 Å². The van der Waals surface area contributed by atoms with Crippen molar-refractivity contribution in [3.05, 3.63) is 0 Å². The van der Waals surface area contributed by atoms with Gasteiger partial charge in [-0.2, -0.15) is 0 Å². The summed E-state index contributed by atoms with van der Waals surface area (Å²) in [6, 6.07) is -0.674. The van der Waals surface area contributed by atoms with Crippen LogP contribution in [0.4, 0.5) is 4.79 Å². The van der Waals surface area contributed by atoms with Crippen LogP contribution in [-0.4, -0.2) is 30.1 Å². The molecule has 3 amide bonds. The number of hydrogen-bond donors (Lipinski definition) is 3. The van der Waals surface area contributed by atoms with E-state index in [0.29, 0.717) is 25.7 Å². The largest absolute Gasteiger partial charge is 0.480 e. The SMILES string of the molecule is CNC(=O)NC(=O)C1(C(=O)O)CCCC1. The van der Waals surface area contributed by atoms with Gasteiger partial charge in [-0.15, -0.1) is 0 Å². The molecule has 0 atom stereocenters. The molecule has 1 rings (SSSR count). The molecular weight excluding hydrogens is 200 g/mol. The summed E-state index contributed by atoms with van der Waals surface area (Å²) < 4.78 is 0. The lowest BCUT2D eigenvalue weighted by Crippen LogP contribution is -2.49. The molecule has 0 radical (unpaired) electrons. The molecule has 0 spiro atoms. The van der Waals surface area contributed by atoms with Crippen molar-refractivity contribution in [2.75, 3.05) is 7.05 Å². The second kappa shape index (κ2) is 4.29. The number of nitrogens with one attached hydrogen (secondary N) is 2. The normalized spacial score (nSPS) is 18.2. The first-order valence-corrected chi connectivity index (χ1v) is 4.79. The van der Waals surface area contributed by atoms with Crippen LogP contribution in [0.25, 0.3) is 0 Å². The number of carboxylic acids is 1. The summed E-state index contributed by atoms with van der Waals surface area (Å²) in [4.78, 5) is 33.6. The number of hydrogen-bond acceptors (Lipinski definition) is 3. The van der Waals surface area contributed by atoms with E-state index in [4.69, 9.17) is 5.11 Å². The van der Waals surface area contributed by atoms with E-state index in [0.717, 1.165) is 0 Å². The second-order valence-corrected chi connectivity index (χ2v) is 3.63. The molecule has 0 heterocycles. The van der Waals surface area contributed by atoms with Crippen molar-refractivity contribution in [2.45, 2.75) is 25.7 Å². The topological polar surface area (TPSA) is 95.5 Å². The van der Waals surface area contributed by atoms with E-state index in [1.54, 1.807) is 0 Å². The van der Waals surface area contributed by atoms with Crippen LogP contribution in [0.15, 0.2) is 0 Å². The summed E-state index contributed by atoms with van der Waals surface area (Å²) in [5.74, 6) is -1.87. The van der Waals surface area contributed by atoms with Gasteiger partial charge in [0.15, 0.2) is 0 Å². The van der Waals surface area contributed by atoms with Crippen molar-refractivity contribution in [2.24, 2.45) is 5.41 Å². The lowest BCUT2D eigenvalue weighted by molar-refractivity contribution is -0.155. The maximum absolute atomic E-state index is 11.6. The zero-order valence-corrected chi connectivity index (χ0v) is 8.50. The molecule has 0 saturated heterocycles. The van der Waals surface area contributed by atoms with E-state index >= 15 is 0 Å². The fourth-order valence-electron chi connectivity index (χ4n) is 1.80. The van der Waals surface area contributed by atoms with E-state index in [1.807, 2.05) is 5.32 Å². The van der Waals surface area contributed by atoms with Gasteiger partial charge >= 0.3 is 12.0 Å². The van der Waals surface area contributed by atoms with E-state index in [1.165, 1.54) is 7.05 Å². The fraction of sp³-hybridized carbons (Fsp3) is 0.667. The predicted octanol–water partition coefficient (Wildman–Crippen LogP) is 0.0870. The van der Waals surface area contributed by atoms with Crippen molar-refractivity contribution in [3.63, 3.8) is 0 Å². The molecule has 0 aromatic carbocycles. The first kappa shape index (κ1) is 11.5. The number of imide groups is 1. The van der Waals surface area contributed by atoms with Gasteiger partial charge in [-0.05, 0) is 12.8 Å². The Morgan fingerprint density at radius 2 is 1.73 bits per heavy atom. The average Bonchev–Trinajstić information content (AvgIpc) is 2.67. The third kappa shape index (κ3) is 2.08. The van der Waals surface area contributed by atoms with Crippen LogP contribution < -0.4 is 10.6 Å². The zero-order chi connectivity index (χ0) is 11.5. The Balaban J connectivity index is 2.77. The maximum atomic E-state index is 11.6. The van der Waals surface area contributed by atoms with Crippen LogP contribution in [0.3, 0.4) is 0 Å². The molecule has 1 saturated carbocycles. The smallest absolute Gasteiger partial charge is 0.321 e. The Morgan fingerprint density at radius 1 is 1.20 bits per heavy atom. The molecule has 0 aromatic heterocycles. The number of rotatable bonds is 2. The summed E-state index contributed by atoms with van der Waals surface area (Å²) in [5.41, 5.74) is -1.41. The van der Waals surface area contributed by atoms with Gasteiger partial charge in [0.2, 0.25) is 5.91 Å². The molecule has 0 aliphatic heterocycles. The number of urea groups is 1. The molecule has 6 nitrogen and oxygen atoms in total. The number of carbonyl (C=O) groups is 3. The Hall–Kier alpha value is -1.59. The van der Waals surface area contributed by atoms with E-state index < -0.39 is 23.3 Å². The summed E-state index contributed by atoms with van der Waals surface area (Å²) in [6.45, 7) is 0. The molecule has 0 unspecified atom stereocenters. The highest BCUT2D eigenvalue weighted by atomic mass is 16.4. The molecule has 0 aromatic rings. The predicted molar refractivity (Wildman–Crippen MR) is 51.1 cm³/mol. The standard InChI is InChI=1S/C9H14N2O4/c1-10-8(15)11-6(12)9(7(13)14)4-2-3-5-9/h2-5H2,1H3,(H,13,14)(H2,10,11,12,15). The van der Waals surface area contributed by atoms with Crippen LogP contribution in [-0.2, 0) is 9.59 Å². The van der Waals surface area contributed by atoms with Gasteiger partial charge in [-0.25, -0.2) is 4.79 Å². The number of amides is 3. The van der Waals surface area contributed by atoms with Gasteiger partial charge < -0.3 is 10.4 Å². The fourth-order valence-corrected chi connectivity index (χ4v) is 1.80. The molecular formula is C9H14N2O4. The molecule has 0 bridgehead atoms. The number of carbonyl (C=O) groups excluding carboxylic acids is 2. The molecule has 1 aliphatic rings. The highest BCUT2D eigenvalue weighted by molar-refractivity contribution is 6.07. The van der Waals surface area contributed by atoms with Crippen molar-refractivity contribution in [1.29, 1.82) is 0 Å². The minimum Gasteiger partial charge on any atom is -0.480 e. The first-order chi connectivity index (χ1) is 7.03. The van der Waals surface area contributed by atoms with Crippen LogP contribution in [0, 0.1) is 5.41 Å². The minimum absolute atomic E-state index is 0.297. The van der Waals surface area contributed by atoms with Crippen molar-refractivity contribution in [1.82, 2.24) is 10.6 Å². The summed E-state index contributed by atoms with van der Waals surface area (Å²) in [7, 11) is 1.37. The van der Waals surface area contributed by atoms with Crippen LogP contribution >= 0.6 is 0 Å². The molecule has 3 N–H and O–H groups in total. The third-order valence-electron chi connectivity index (χ3n) is 2.76. The highest BCUT2D eigenvalue weighted by Crippen LogP contribution is 2.38. The zero-order valence-electron chi connectivity index (χ0n) is 8.50. The quantitative estimate of drug-likeness (QED) is 0.567. The molecule has 1 fully saturated rings. The number of carboxylic acid groups (broad SMARTS) is 1. The van der Waals surface area contributed by atoms with E-state index in [9.17, 15) is 14.4 Å². The van der Waals surface area contributed by atoms with Crippen molar-refractivity contribution >= 4 is 17.9 Å². The van der Waals surface area contributed by atoms with Gasteiger partial charge in [0.05, 0.1) is 0 Å². The number of aliphatic carboxylic acids is 1. The van der Waals surface area contributed by atoms with Gasteiger partial charge in [0.25, 0.3) is 0 Å². The first-order valence-electron chi connectivity index (χ1n) is 4.79. The Morgan fingerprint density at radius 3 is 2.13 bits per heavy atom. The third-order valence-corrected chi connectivity index (χ3v) is 2.76. The lowest BCUT2D eigenvalue weighted by Gasteiger charge is -2.21. The average molecular weight is 214 g/mol. The Kier molecular flexibility index (Phi) is 3.28. The minimum atomic E-state index is -1.41. The summed E-state index contributed by atoms with van der Waals surface area (Å²) in [5, 5.41) is 13.3. The van der Waals surface area contributed by atoms with Crippen molar-refractivity contribution in [3.8, 4) is 0 Å². The monoisotopic (exact) mass is 214 g/mol. The van der Waals surface area contributed by atoms with E-state index in [-0.39, 0.29) is 0 Å². The van der Waals surface area contributed by atoms with Crippen LogP contribution in [0.1, 0.15) is 25.7 Å². The molecule has 84 valence electrons. The van der Waals surface area contributed by atoms with Crippen molar-refractivity contribution < 1.29 is 19.5 Å². The van der Waals surface area contributed by atoms with Gasteiger partial charge in [-0.3, -0.25) is 14.9 Å². The van der Waals surface area contributed by atoms with Gasteiger partial charge in [0.1, 0.15) is 5.41 Å². The van der Waals surface area contributed by atoms with Crippen LogP contribution in [0.2, 0.25) is 0 Å². The van der Waals surface area contributed by atoms with Gasteiger partial charge in [-0.1, -0.05) is 12.8 Å². The highest BCUT2D eigenvalue weighted by Gasteiger charge is 2.48. The Labute approximate surface area is 87.0 Å². The molecule has 15 heavy (non-hydrogen) atoms. The van der Waals surface area contributed by atoms with E-state index in [2.05, 4.69) is 5.32 Å². The maximum Gasteiger partial charge on any atom is 0.321 e. The summed E-state index contributed by atoms with van der Waals surface area (Å²) in [6.07, 6.45) is 2.00. The molecule has 6 heteroatoms. The summed E-state index contributed by atoms with van der Waals surface area (Å²) >= 11 is 0.